The molecule has 9 aromatic carbocycles. The van der Waals surface area contributed by atoms with Crippen molar-refractivity contribution in [3.63, 3.8) is 0 Å². The van der Waals surface area contributed by atoms with E-state index in [2.05, 4.69) is 52.9 Å². The minimum Gasteiger partial charge on any atom is -0.497 e. The molecule has 5 fully saturated rings. The number of nitrogens with one attached hydrogen (secondary N) is 7. The van der Waals surface area contributed by atoms with Crippen LogP contribution in [0.3, 0.4) is 0 Å². The van der Waals surface area contributed by atoms with Crippen LogP contribution in [-0.4, -0.2) is 212 Å². The third kappa shape index (κ3) is 40.2. The molecular formula is C105H107B2N7O29S7. The van der Waals surface area contributed by atoms with Crippen LogP contribution in [0.25, 0.3) is 24.3 Å². The Morgan fingerprint density at radius 3 is 1.01 bits per heavy atom. The molecule has 8 N–H and O–H groups in total. The SMILES string of the molecule is CCOC(=O)C(SC)c1cc(C=C2SC(=O)NC2=O)ccc1OC.CCOC(=O)C(SC)c1cc(C=O)ccc1OC.CCOC(=O)Cc1cc(C=C2SC(=O)NC2=O)ccc1OC.COc1ccc(C=C2SC(=O)NC2=O)cc1CC(=O)Nc1ccccc1.COc1ccc(C=C2SC(=O)NC2=O)cc1CC(=O)O.COc1ccc(C=O)cc1.COc1ccc(CC2SC(=O)NC2=O)cc1CC(=O)Nc1ccccc1.[B]C.[B]C. The summed E-state index contributed by atoms with van der Waals surface area (Å²) in [5, 5.41) is 22.2. The van der Waals surface area contributed by atoms with Crippen LogP contribution in [-0.2, 0) is 99.1 Å². The fourth-order valence-corrected chi connectivity index (χ4v) is 18.4. The van der Waals surface area contributed by atoms with Gasteiger partial charge in [0, 0.05) is 55.9 Å². The topological polar surface area (TPSA) is 504 Å². The molecule has 9 aromatic rings. The van der Waals surface area contributed by atoms with Gasteiger partial charge in [0.15, 0.2) is 0 Å². The van der Waals surface area contributed by atoms with Crippen LogP contribution in [0.5, 0.6) is 40.2 Å². The Bertz CT molecular complexity index is 6480. The molecule has 5 heterocycles. The van der Waals surface area contributed by atoms with Gasteiger partial charge in [0.1, 0.15) is 63.3 Å². The molecule has 5 aliphatic heterocycles. The zero-order chi connectivity index (χ0) is 110. The second kappa shape index (κ2) is 65.6. The van der Waals surface area contributed by atoms with Gasteiger partial charge in [-0.2, -0.15) is 0 Å². The number of rotatable bonds is 34. The van der Waals surface area contributed by atoms with Crippen LogP contribution in [0.15, 0.2) is 214 Å². The van der Waals surface area contributed by atoms with Crippen LogP contribution < -0.4 is 70.4 Å². The van der Waals surface area contributed by atoms with Gasteiger partial charge in [0.2, 0.25) is 17.7 Å². The molecular weight excluding hydrogens is 2070 g/mol. The lowest BCUT2D eigenvalue weighted by Gasteiger charge is -2.17. The number of ether oxygens (including phenoxy) is 10. The van der Waals surface area contributed by atoms with Crippen LogP contribution in [0.4, 0.5) is 35.3 Å². The highest BCUT2D eigenvalue weighted by atomic mass is 32.2. The number of amides is 12. The number of aldehydes is 2. The second-order valence-electron chi connectivity index (χ2n) is 29.8. The van der Waals surface area contributed by atoms with Crippen molar-refractivity contribution in [3.8, 4) is 40.2 Å². The van der Waals surface area contributed by atoms with E-state index in [1.54, 1.807) is 175 Å². The molecule has 45 heteroatoms. The first kappa shape index (κ1) is 124. The summed E-state index contributed by atoms with van der Waals surface area (Å²) in [5.74, 6) is -0.205. The highest BCUT2D eigenvalue weighted by Crippen LogP contribution is 2.40. The number of hydrogen-bond donors (Lipinski definition) is 8. The summed E-state index contributed by atoms with van der Waals surface area (Å²) in [4.78, 5) is 207. The number of thioether (sulfide) groups is 7. The number of methoxy groups -OCH3 is 7. The number of carboxylic acid groups (broad SMARTS) is 1. The number of carbonyl (C=O) groups is 18. The summed E-state index contributed by atoms with van der Waals surface area (Å²) in [5.41, 5.74) is 10.1. The van der Waals surface area contributed by atoms with Crippen molar-refractivity contribution in [2.45, 2.75) is 82.3 Å². The van der Waals surface area contributed by atoms with Crippen molar-refractivity contribution in [1.82, 2.24) is 26.6 Å². The van der Waals surface area contributed by atoms with E-state index in [4.69, 9.17) is 52.5 Å². The van der Waals surface area contributed by atoms with E-state index in [-0.39, 0.29) is 71.5 Å². The normalized spacial score (nSPS) is 14.7. The fraction of sp³-hybridized carbons (Fsp3) is 0.238. The first-order valence-electron chi connectivity index (χ1n) is 44.9. The first-order chi connectivity index (χ1) is 72.1. The van der Waals surface area contributed by atoms with Crippen molar-refractivity contribution in [2.24, 2.45) is 0 Å². The molecule has 0 bridgehead atoms. The van der Waals surface area contributed by atoms with E-state index in [1.807, 2.05) is 85.3 Å². The van der Waals surface area contributed by atoms with Crippen LogP contribution >= 0.6 is 82.3 Å². The van der Waals surface area contributed by atoms with E-state index in [0.29, 0.717) is 142 Å². The van der Waals surface area contributed by atoms with Gasteiger partial charge in [-0.15, -0.1) is 23.5 Å². The van der Waals surface area contributed by atoms with E-state index in [0.717, 1.165) is 93.9 Å². The molecule has 0 saturated carbocycles. The van der Waals surface area contributed by atoms with Gasteiger partial charge in [-0.05, 0) is 260 Å². The Kier molecular flexibility index (Phi) is 54.1. The van der Waals surface area contributed by atoms with Crippen molar-refractivity contribution < 1.29 is 139 Å². The zero-order valence-corrected chi connectivity index (χ0v) is 89.4. The summed E-state index contributed by atoms with van der Waals surface area (Å²) < 4.78 is 51.5. The largest absolute Gasteiger partial charge is 0.497 e. The van der Waals surface area contributed by atoms with Crippen molar-refractivity contribution in [1.29, 1.82) is 0 Å². The highest BCUT2D eigenvalue weighted by Gasteiger charge is 2.34. The number of anilines is 2. The molecule has 4 radical (unpaired) electrons. The lowest BCUT2D eigenvalue weighted by Crippen LogP contribution is -2.25. The Labute approximate surface area is 898 Å². The second-order valence-corrected chi connectivity index (χ2v) is 37.0. The third-order valence-electron chi connectivity index (χ3n) is 19.9. The molecule has 5 saturated heterocycles. The molecule has 0 aromatic heterocycles. The average molecular weight is 2180 g/mol. The van der Waals surface area contributed by atoms with Gasteiger partial charge in [-0.25, -0.2) is 0 Å². The van der Waals surface area contributed by atoms with Gasteiger partial charge in [0.25, 0.3) is 49.8 Å². The molecule has 14 rings (SSSR count). The summed E-state index contributed by atoms with van der Waals surface area (Å²) in [6.45, 7) is 9.17. The Balaban J connectivity index is 0.000000268. The maximum absolute atomic E-state index is 12.3. The smallest absolute Gasteiger partial charge is 0.323 e. The van der Waals surface area contributed by atoms with Crippen molar-refractivity contribution in [2.75, 3.05) is 92.7 Å². The molecule has 0 spiro atoms. The van der Waals surface area contributed by atoms with Gasteiger partial charge >= 0.3 is 23.9 Å². The predicted molar refractivity (Wildman–Crippen MR) is 585 cm³/mol. The number of aliphatic carboxylic acids is 1. The number of carbonyl (C=O) groups excluding carboxylic acids is 17. The number of hydrogen-bond acceptors (Lipinski definition) is 35. The molecule has 784 valence electrons. The summed E-state index contributed by atoms with van der Waals surface area (Å²) in [6.07, 6.45) is 12.1. The fourth-order valence-electron chi connectivity index (χ4n) is 13.4. The maximum Gasteiger partial charge on any atom is 0.323 e. The van der Waals surface area contributed by atoms with E-state index >= 15 is 0 Å². The number of para-hydroxylation sites is 2. The standard InChI is InChI=1S/C19H18N2O4S.C19H16N2O4S.C16H17NO5S2.C15H15NO5S.C13H11NO5S.C13H16O4S.C8H8O2.2CH3B/c2*1-25-15-8-7-12(10-16-18(23)21-19(24)26-16)9-13(15)11-17(22)20-14-5-3-2-4-6-14;1-4-22-15(19)13(23-3)10-7-9(5-6-11(10)21-2)8-12-14(18)17-16(20)24-12;1-3-21-13(17)8-10-6-9(4-5-11(10)20-2)7-12-14(18)16-15(19)22-12;1-19-9-3-2-7(4-8(9)6-11(15)16)5-10-12(17)14-13(18)20-10;1-4-17-13(15)12(18-3)10-7-9(8-14)5-6-11(10)16-2;1-10-8-4-2-7(6-9)3-5-8;2*1-2/h2-9,16H,10-11H2,1H3,(H,20,22)(H,21,23,24);2-10H,11H2,1H3,(H,20,22)(H,21,23,24);5-8,13H,4H2,1-3H3,(H,17,18,20);4-7H,3,8H2,1-2H3,(H,16,18,19);2-5H,6H2,1H3,(H,15,16)(H,14,17,18);5-8,12H,4H2,1-3H3;2-6H,1H3;2*1H3. The number of imide groups is 5. The molecule has 12 amide bonds. The van der Waals surface area contributed by atoms with E-state index in [9.17, 15) is 86.3 Å². The third-order valence-corrected chi connectivity index (χ3v) is 26.0. The number of esters is 3. The first-order valence-corrected chi connectivity index (χ1v) is 51.6. The molecule has 5 aliphatic rings. The van der Waals surface area contributed by atoms with Crippen LogP contribution in [0, 0.1) is 0 Å². The average Bonchev–Trinajstić information content (AvgIpc) is 1.42. The van der Waals surface area contributed by atoms with Crippen LogP contribution in [0.1, 0.15) is 113 Å². The lowest BCUT2D eigenvalue weighted by atomic mass is 10.0. The molecule has 36 nitrogen and oxygen atoms in total. The van der Waals surface area contributed by atoms with Gasteiger partial charge in [0.05, 0.1) is 136 Å². The lowest BCUT2D eigenvalue weighted by molar-refractivity contribution is -0.143. The Morgan fingerprint density at radius 2 is 0.693 bits per heavy atom. The van der Waals surface area contributed by atoms with Crippen molar-refractivity contribution >= 4 is 238 Å². The van der Waals surface area contributed by atoms with Gasteiger partial charge in [-0.1, -0.05) is 98.2 Å². The maximum atomic E-state index is 12.3. The highest BCUT2D eigenvalue weighted by molar-refractivity contribution is 8.19. The Morgan fingerprint density at radius 1 is 0.373 bits per heavy atom. The number of benzene rings is 9. The minimum atomic E-state index is -0.976. The molecule has 3 atom stereocenters. The number of carboxylic acids is 1. The molecule has 3 unspecified atom stereocenters. The quantitative estimate of drug-likeness (QED) is 0.00610. The van der Waals surface area contributed by atoms with Gasteiger partial charge < -0.3 is 63.1 Å². The van der Waals surface area contributed by atoms with Gasteiger partial charge in [-0.3, -0.25) is 113 Å². The summed E-state index contributed by atoms with van der Waals surface area (Å²) in [7, 11) is 19.7. The van der Waals surface area contributed by atoms with E-state index < -0.39 is 66.3 Å². The predicted octanol–water partition coefficient (Wildman–Crippen LogP) is 17.1. The molecule has 150 heavy (non-hydrogen) atoms. The van der Waals surface area contributed by atoms with Crippen molar-refractivity contribution in [3.05, 3.63) is 286 Å². The summed E-state index contributed by atoms with van der Waals surface area (Å²) >= 11 is 7.03. The Hall–Kier alpha value is -15.0. The monoisotopic (exact) mass is 2180 g/mol. The minimum absolute atomic E-state index is 0.0757. The van der Waals surface area contributed by atoms with Crippen LogP contribution in [0.2, 0.25) is 13.6 Å². The molecule has 0 aliphatic carbocycles. The van der Waals surface area contributed by atoms with E-state index in [1.165, 1.54) is 78.8 Å². The zero-order valence-electron chi connectivity index (χ0n) is 83.7. The summed E-state index contributed by atoms with van der Waals surface area (Å²) in [6, 6.07) is 56.4.